The number of hydrogen-bond donors (Lipinski definition) is 3. The van der Waals surface area contributed by atoms with Gasteiger partial charge in [-0.3, -0.25) is 0 Å². The van der Waals surface area contributed by atoms with Gasteiger partial charge in [0.05, 0.1) is 0 Å². The van der Waals surface area contributed by atoms with Crippen LogP contribution in [0.3, 0.4) is 0 Å². The van der Waals surface area contributed by atoms with Gasteiger partial charge in [0.25, 0.3) is 0 Å². The monoisotopic (exact) mass is 623 g/mol. The zero-order chi connectivity index (χ0) is 33.3. The molecule has 6 aromatic carbocycles. The van der Waals surface area contributed by atoms with Gasteiger partial charge >= 0.3 is 0 Å². The predicted molar refractivity (Wildman–Crippen MR) is 204 cm³/mol. The minimum absolute atomic E-state index is 0.101. The predicted octanol–water partition coefficient (Wildman–Crippen LogP) is 10.7. The van der Waals surface area contributed by atoms with E-state index in [0.717, 1.165) is 28.0 Å². The summed E-state index contributed by atoms with van der Waals surface area (Å²) < 4.78 is 0. The first kappa shape index (κ1) is 31.1. The molecule has 0 spiro atoms. The number of allylic oxidation sites excluding steroid dienone is 3. The van der Waals surface area contributed by atoms with Crippen molar-refractivity contribution in [2.24, 2.45) is 5.73 Å². The highest BCUT2D eigenvalue weighted by molar-refractivity contribution is 6.08. The molecule has 236 valence electrons. The first-order valence-electron chi connectivity index (χ1n) is 16.7. The number of hydrogen-bond acceptors (Lipinski definition) is 3. The zero-order valence-electron chi connectivity index (χ0n) is 27.8. The third-order valence-electron chi connectivity index (χ3n) is 9.79. The molecule has 3 heteroatoms. The standard InChI is InChI=1S/C45H41N3/c1-4-31(29-46)33-18-10-13-30(25-33)23-24-42(48-44(47)32-14-6-5-7-15-32)37-20-11-19-36(26-37)38-21-12-22-40-43(38)39-27-34-16-8-9-17-35(34)28-41(39)45(40,2)3/h4-22,24-29,44,46,48H,23,47H2,1-3H3/b31-4+,42-24-,46-29?. The van der Waals surface area contributed by atoms with Crippen molar-refractivity contribution < 1.29 is 0 Å². The first-order valence-corrected chi connectivity index (χ1v) is 16.7. The van der Waals surface area contributed by atoms with E-state index in [1.165, 1.54) is 55.9 Å². The van der Waals surface area contributed by atoms with E-state index in [0.29, 0.717) is 6.42 Å². The fourth-order valence-corrected chi connectivity index (χ4v) is 7.17. The molecular weight excluding hydrogens is 583 g/mol. The minimum atomic E-state index is -0.373. The van der Waals surface area contributed by atoms with Crippen molar-refractivity contribution in [1.82, 2.24) is 5.32 Å². The second-order valence-corrected chi connectivity index (χ2v) is 13.1. The molecule has 0 heterocycles. The fraction of sp³-hybridized carbons (Fsp3) is 0.133. The summed E-state index contributed by atoms with van der Waals surface area (Å²) in [5, 5.41) is 14.0. The summed E-state index contributed by atoms with van der Waals surface area (Å²) in [6.45, 7) is 6.66. The first-order chi connectivity index (χ1) is 23.4. The van der Waals surface area contributed by atoms with Crippen molar-refractivity contribution in [2.45, 2.75) is 38.8 Å². The molecule has 0 bridgehead atoms. The summed E-state index contributed by atoms with van der Waals surface area (Å²) in [6.07, 6.45) is 5.96. The summed E-state index contributed by atoms with van der Waals surface area (Å²) >= 11 is 0. The van der Waals surface area contributed by atoms with Gasteiger partial charge in [-0.15, -0.1) is 0 Å². The summed E-state index contributed by atoms with van der Waals surface area (Å²) in [4.78, 5) is 0. The number of nitrogens with one attached hydrogen (secondary N) is 2. The second-order valence-electron chi connectivity index (χ2n) is 13.1. The second kappa shape index (κ2) is 12.9. The maximum Gasteiger partial charge on any atom is 0.101 e. The van der Waals surface area contributed by atoms with E-state index in [4.69, 9.17) is 11.1 Å². The largest absolute Gasteiger partial charge is 0.366 e. The fourth-order valence-electron chi connectivity index (χ4n) is 7.17. The molecule has 0 aliphatic heterocycles. The number of nitrogens with two attached hydrogens (primary N) is 1. The molecule has 0 aromatic heterocycles. The summed E-state index contributed by atoms with van der Waals surface area (Å²) in [5.41, 5.74) is 20.7. The van der Waals surface area contributed by atoms with Gasteiger partial charge < -0.3 is 16.5 Å². The Labute approximate surface area is 284 Å². The van der Waals surface area contributed by atoms with Crippen molar-refractivity contribution in [1.29, 1.82) is 5.41 Å². The highest BCUT2D eigenvalue weighted by Gasteiger charge is 2.37. The van der Waals surface area contributed by atoms with Crippen LogP contribution in [0.1, 0.15) is 60.3 Å². The van der Waals surface area contributed by atoms with E-state index >= 15 is 0 Å². The molecule has 0 saturated heterocycles. The van der Waals surface area contributed by atoms with Gasteiger partial charge in [-0.1, -0.05) is 141 Å². The van der Waals surface area contributed by atoms with Crippen LogP contribution in [-0.4, -0.2) is 6.21 Å². The van der Waals surface area contributed by atoms with Gasteiger partial charge in [0.1, 0.15) is 6.17 Å². The lowest BCUT2D eigenvalue weighted by Gasteiger charge is -2.22. The van der Waals surface area contributed by atoms with Gasteiger partial charge in [-0.05, 0) is 104 Å². The average Bonchev–Trinajstić information content (AvgIpc) is 3.35. The number of fused-ring (bicyclic) bond motifs is 4. The Bertz CT molecular complexity index is 2200. The van der Waals surface area contributed by atoms with Crippen LogP contribution < -0.4 is 11.1 Å². The molecule has 1 unspecified atom stereocenters. The van der Waals surface area contributed by atoms with Crippen LogP contribution in [0.15, 0.2) is 146 Å². The van der Waals surface area contributed by atoms with Crippen molar-refractivity contribution in [3.63, 3.8) is 0 Å². The van der Waals surface area contributed by atoms with Crippen molar-refractivity contribution >= 4 is 28.3 Å². The Morgan fingerprint density at radius 3 is 2.21 bits per heavy atom. The van der Waals surface area contributed by atoms with E-state index in [1.807, 2.05) is 31.2 Å². The van der Waals surface area contributed by atoms with Gasteiger partial charge in [-0.2, -0.15) is 0 Å². The highest BCUT2D eigenvalue weighted by atomic mass is 15.0. The Balaban J connectivity index is 1.31. The maximum atomic E-state index is 7.81. The number of rotatable bonds is 9. The van der Waals surface area contributed by atoms with E-state index in [1.54, 1.807) is 0 Å². The molecule has 4 N–H and O–H groups in total. The van der Waals surface area contributed by atoms with Crippen LogP contribution in [-0.2, 0) is 11.8 Å². The van der Waals surface area contributed by atoms with Crippen molar-refractivity contribution in [2.75, 3.05) is 0 Å². The summed E-state index contributed by atoms with van der Waals surface area (Å²) in [5.74, 6) is 0. The normalized spacial score (nSPS) is 14.3. The summed E-state index contributed by atoms with van der Waals surface area (Å²) in [6, 6.07) is 47.6. The minimum Gasteiger partial charge on any atom is -0.366 e. The molecule has 0 amide bonds. The molecule has 0 saturated carbocycles. The van der Waals surface area contributed by atoms with Crippen LogP contribution in [0.25, 0.3) is 44.3 Å². The molecule has 0 fully saturated rings. The van der Waals surface area contributed by atoms with Crippen molar-refractivity contribution in [3.05, 3.63) is 179 Å². The molecule has 1 aliphatic carbocycles. The van der Waals surface area contributed by atoms with E-state index in [9.17, 15) is 0 Å². The lowest BCUT2D eigenvalue weighted by atomic mass is 9.81. The van der Waals surface area contributed by atoms with E-state index in [2.05, 4.69) is 141 Å². The lowest BCUT2D eigenvalue weighted by Crippen LogP contribution is -2.27. The molecule has 7 rings (SSSR count). The molecule has 3 nitrogen and oxygen atoms in total. The quantitative estimate of drug-likeness (QED) is 0.111. The van der Waals surface area contributed by atoms with Crippen molar-refractivity contribution in [3.8, 4) is 22.3 Å². The number of benzene rings is 6. The molecule has 1 atom stereocenters. The molecule has 0 radical (unpaired) electrons. The Morgan fingerprint density at radius 2 is 1.44 bits per heavy atom. The Kier molecular flexibility index (Phi) is 8.39. The highest BCUT2D eigenvalue weighted by Crippen LogP contribution is 2.53. The summed E-state index contributed by atoms with van der Waals surface area (Å²) in [7, 11) is 0. The van der Waals surface area contributed by atoms with Gasteiger partial charge in [-0.25, -0.2) is 0 Å². The van der Waals surface area contributed by atoms with Crippen LogP contribution >= 0.6 is 0 Å². The average molecular weight is 624 g/mol. The van der Waals surface area contributed by atoms with Crippen LogP contribution in [0, 0.1) is 5.41 Å². The third kappa shape index (κ3) is 5.78. The molecule has 48 heavy (non-hydrogen) atoms. The third-order valence-corrected chi connectivity index (χ3v) is 9.79. The smallest absolute Gasteiger partial charge is 0.101 e. The Morgan fingerprint density at radius 1 is 0.729 bits per heavy atom. The Hall–Kier alpha value is -5.51. The topological polar surface area (TPSA) is 61.9 Å². The maximum absolute atomic E-state index is 7.81. The molecule has 1 aliphatic rings. The van der Waals surface area contributed by atoms with Gasteiger partial charge in [0.15, 0.2) is 0 Å². The van der Waals surface area contributed by atoms with Crippen LogP contribution in [0.4, 0.5) is 0 Å². The zero-order valence-corrected chi connectivity index (χ0v) is 27.8. The van der Waals surface area contributed by atoms with Crippen LogP contribution in [0.2, 0.25) is 0 Å². The van der Waals surface area contributed by atoms with Gasteiger partial charge in [0.2, 0.25) is 0 Å². The molecule has 6 aromatic rings. The van der Waals surface area contributed by atoms with E-state index < -0.39 is 0 Å². The SMILES string of the molecule is C/C=C(\C=N)c1cccc(C/C=C(\NC(N)c2ccccc2)c2cccc(-c3cccc4c3-c3cc5ccccc5cc3C4(C)C)c2)c1. The lowest BCUT2D eigenvalue weighted by molar-refractivity contribution is 0.661. The van der Waals surface area contributed by atoms with Crippen LogP contribution in [0.5, 0.6) is 0 Å². The molecular formula is C45H41N3. The van der Waals surface area contributed by atoms with E-state index in [-0.39, 0.29) is 11.6 Å². The van der Waals surface area contributed by atoms with Gasteiger partial charge in [0, 0.05) is 17.3 Å².